The second-order valence-corrected chi connectivity index (χ2v) is 4.59. The number of carboxylic acids is 1. The molecule has 2 unspecified atom stereocenters. The summed E-state index contributed by atoms with van der Waals surface area (Å²) in [4.78, 5) is 33.2. The summed E-state index contributed by atoms with van der Waals surface area (Å²) in [6, 6.07) is -2.08. The van der Waals surface area contributed by atoms with Crippen molar-refractivity contribution < 1.29 is 24.2 Å². The number of amides is 3. The van der Waals surface area contributed by atoms with Gasteiger partial charge < -0.3 is 26.2 Å². The summed E-state index contributed by atoms with van der Waals surface area (Å²) in [5.74, 6) is -1.87. The van der Waals surface area contributed by atoms with Gasteiger partial charge in [-0.1, -0.05) is 0 Å². The minimum Gasteiger partial charge on any atom is -0.480 e. The van der Waals surface area contributed by atoms with Gasteiger partial charge in [0.05, 0.1) is 13.0 Å². The zero-order chi connectivity index (χ0) is 14.4. The molecule has 1 aliphatic rings. The van der Waals surface area contributed by atoms with Gasteiger partial charge in [-0.15, -0.1) is 0 Å². The van der Waals surface area contributed by atoms with Crippen molar-refractivity contribution >= 4 is 17.9 Å². The predicted octanol–water partition coefficient (Wildman–Crippen LogP) is -0.961. The number of rotatable bonds is 6. The topological polar surface area (TPSA) is 131 Å². The third-order valence-corrected chi connectivity index (χ3v) is 3.04. The summed E-state index contributed by atoms with van der Waals surface area (Å²) in [5.41, 5.74) is 4.92. The van der Waals surface area contributed by atoms with Gasteiger partial charge in [-0.25, -0.2) is 9.59 Å². The van der Waals surface area contributed by atoms with Crippen molar-refractivity contribution in [2.24, 2.45) is 11.7 Å². The summed E-state index contributed by atoms with van der Waals surface area (Å²) >= 11 is 0. The second kappa shape index (κ2) is 6.93. The highest BCUT2D eigenvalue weighted by Gasteiger charge is 2.26. The minimum absolute atomic E-state index is 0.134. The fraction of sp³-hybridized carbons (Fsp3) is 0.727. The van der Waals surface area contributed by atoms with Gasteiger partial charge in [0.1, 0.15) is 6.04 Å². The molecular weight excluding hydrogens is 254 g/mol. The lowest BCUT2D eigenvalue weighted by atomic mass is 10.0. The molecule has 8 nitrogen and oxygen atoms in total. The number of aliphatic carboxylic acids is 1. The van der Waals surface area contributed by atoms with Crippen molar-refractivity contribution in [3.05, 3.63) is 0 Å². The Balaban J connectivity index is 2.43. The van der Waals surface area contributed by atoms with E-state index in [0.29, 0.717) is 13.2 Å². The van der Waals surface area contributed by atoms with E-state index >= 15 is 0 Å². The lowest BCUT2D eigenvalue weighted by Crippen LogP contribution is -2.51. The maximum atomic E-state index is 11.6. The Kier molecular flexibility index (Phi) is 5.56. The van der Waals surface area contributed by atoms with Gasteiger partial charge in [-0.3, -0.25) is 4.79 Å². The summed E-state index contributed by atoms with van der Waals surface area (Å²) < 4.78 is 5.20. The molecule has 1 rings (SSSR count). The molecule has 1 heterocycles. The standard InChI is InChI=1S/C11H19N3O5/c1-6(7-2-3-19-5-7)13-11(18)14-8(10(16)17)4-9(12)15/h6-8H,2-5H2,1H3,(H2,12,15)(H,16,17)(H2,13,14,18)/t6?,7?,8-/m1/s1. The van der Waals surface area contributed by atoms with Crippen LogP contribution >= 0.6 is 0 Å². The molecule has 0 bridgehead atoms. The molecule has 0 aromatic rings. The Morgan fingerprint density at radius 1 is 1.42 bits per heavy atom. The Morgan fingerprint density at radius 2 is 2.11 bits per heavy atom. The van der Waals surface area contributed by atoms with Crippen LogP contribution in [0.2, 0.25) is 0 Å². The van der Waals surface area contributed by atoms with Crippen molar-refractivity contribution in [2.75, 3.05) is 13.2 Å². The number of hydrogen-bond donors (Lipinski definition) is 4. The molecule has 19 heavy (non-hydrogen) atoms. The molecular formula is C11H19N3O5. The zero-order valence-electron chi connectivity index (χ0n) is 10.7. The smallest absolute Gasteiger partial charge is 0.326 e. The van der Waals surface area contributed by atoms with E-state index in [9.17, 15) is 14.4 Å². The van der Waals surface area contributed by atoms with E-state index < -0.39 is 30.4 Å². The molecule has 0 aromatic heterocycles. The number of carbonyl (C=O) groups is 3. The molecule has 0 aliphatic carbocycles. The lowest BCUT2D eigenvalue weighted by molar-refractivity contribution is -0.140. The first-order chi connectivity index (χ1) is 8.90. The molecule has 8 heteroatoms. The van der Waals surface area contributed by atoms with Gasteiger partial charge in [-0.2, -0.15) is 0 Å². The van der Waals surface area contributed by atoms with Crippen LogP contribution in [0.15, 0.2) is 0 Å². The number of nitrogens with two attached hydrogens (primary N) is 1. The van der Waals surface area contributed by atoms with Crippen LogP contribution in [-0.2, 0) is 14.3 Å². The molecule has 0 spiro atoms. The highest BCUT2D eigenvalue weighted by Crippen LogP contribution is 2.16. The van der Waals surface area contributed by atoms with Crippen molar-refractivity contribution in [2.45, 2.75) is 31.8 Å². The SMILES string of the molecule is CC(NC(=O)N[C@H](CC(N)=O)C(=O)O)C1CCOC1. The summed E-state index contributed by atoms with van der Waals surface area (Å²) in [6.45, 7) is 3.06. The molecule has 1 saturated heterocycles. The number of urea groups is 1. The molecule has 0 aromatic carbocycles. The van der Waals surface area contributed by atoms with Crippen LogP contribution in [-0.4, -0.2) is 48.3 Å². The first-order valence-corrected chi connectivity index (χ1v) is 6.06. The Morgan fingerprint density at radius 3 is 2.58 bits per heavy atom. The Hall–Kier alpha value is -1.83. The van der Waals surface area contributed by atoms with Gasteiger partial charge in [0.25, 0.3) is 0 Å². The van der Waals surface area contributed by atoms with E-state index in [0.717, 1.165) is 6.42 Å². The quantitative estimate of drug-likeness (QED) is 0.495. The van der Waals surface area contributed by atoms with Crippen molar-refractivity contribution in [3.8, 4) is 0 Å². The summed E-state index contributed by atoms with van der Waals surface area (Å²) in [7, 11) is 0. The van der Waals surface area contributed by atoms with Crippen LogP contribution in [0.25, 0.3) is 0 Å². The normalized spacial score (nSPS) is 21.4. The highest BCUT2D eigenvalue weighted by atomic mass is 16.5. The average molecular weight is 273 g/mol. The van der Waals surface area contributed by atoms with Gasteiger partial charge in [-0.05, 0) is 13.3 Å². The van der Waals surface area contributed by atoms with Crippen LogP contribution in [0.4, 0.5) is 4.79 Å². The Labute approximate surface area is 110 Å². The van der Waals surface area contributed by atoms with E-state index in [-0.39, 0.29) is 12.0 Å². The van der Waals surface area contributed by atoms with E-state index in [2.05, 4.69) is 10.6 Å². The molecule has 3 amide bonds. The van der Waals surface area contributed by atoms with Crippen molar-refractivity contribution in [3.63, 3.8) is 0 Å². The maximum Gasteiger partial charge on any atom is 0.326 e. The average Bonchev–Trinajstić information content (AvgIpc) is 2.80. The number of hydrogen-bond acceptors (Lipinski definition) is 4. The maximum absolute atomic E-state index is 11.6. The first-order valence-electron chi connectivity index (χ1n) is 6.06. The van der Waals surface area contributed by atoms with E-state index in [4.69, 9.17) is 15.6 Å². The number of carbonyl (C=O) groups excluding carboxylic acids is 2. The van der Waals surface area contributed by atoms with Crippen LogP contribution in [0.1, 0.15) is 19.8 Å². The molecule has 108 valence electrons. The third-order valence-electron chi connectivity index (χ3n) is 3.04. The third kappa shape index (κ3) is 5.12. The second-order valence-electron chi connectivity index (χ2n) is 4.59. The molecule has 1 aliphatic heterocycles. The number of primary amides is 1. The molecule has 0 saturated carbocycles. The fourth-order valence-corrected chi connectivity index (χ4v) is 1.87. The minimum atomic E-state index is -1.32. The highest BCUT2D eigenvalue weighted by molar-refractivity contribution is 5.87. The number of nitrogens with one attached hydrogen (secondary N) is 2. The van der Waals surface area contributed by atoms with Crippen LogP contribution in [0.3, 0.4) is 0 Å². The molecule has 5 N–H and O–H groups in total. The van der Waals surface area contributed by atoms with E-state index in [1.807, 2.05) is 6.92 Å². The Bertz CT molecular complexity index is 354. The summed E-state index contributed by atoms with van der Waals surface area (Å²) in [6.07, 6.45) is 0.411. The van der Waals surface area contributed by atoms with Crippen LogP contribution in [0, 0.1) is 5.92 Å². The number of carboxylic acid groups (broad SMARTS) is 1. The lowest BCUT2D eigenvalue weighted by Gasteiger charge is -2.21. The van der Waals surface area contributed by atoms with Crippen LogP contribution in [0.5, 0.6) is 0 Å². The zero-order valence-corrected chi connectivity index (χ0v) is 10.7. The predicted molar refractivity (Wildman–Crippen MR) is 65.3 cm³/mol. The molecule has 3 atom stereocenters. The van der Waals surface area contributed by atoms with Gasteiger partial charge in [0.15, 0.2) is 0 Å². The van der Waals surface area contributed by atoms with Crippen molar-refractivity contribution in [1.29, 1.82) is 0 Å². The summed E-state index contributed by atoms with van der Waals surface area (Å²) in [5, 5.41) is 13.7. The van der Waals surface area contributed by atoms with E-state index in [1.54, 1.807) is 0 Å². The van der Waals surface area contributed by atoms with Gasteiger partial charge in [0, 0.05) is 18.6 Å². The fourth-order valence-electron chi connectivity index (χ4n) is 1.87. The molecule has 0 radical (unpaired) electrons. The van der Waals surface area contributed by atoms with Crippen molar-refractivity contribution in [1.82, 2.24) is 10.6 Å². The van der Waals surface area contributed by atoms with Crippen LogP contribution < -0.4 is 16.4 Å². The van der Waals surface area contributed by atoms with Gasteiger partial charge >= 0.3 is 12.0 Å². The molecule has 1 fully saturated rings. The number of ether oxygens (including phenoxy) is 1. The first kappa shape index (κ1) is 15.2. The largest absolute Gasteiger partial charge is 0.480 e. The van der Waals surface area contributed by atoms with Gasteiger partial charge in [0.2, 0.25) is 5.91 Å². The monoisotopic (exact) mass is 273 g/mol. The van der Waals surface area contributed by atoms with E-state index in [1.165, 1.54) is 0 Å².